The lowest BCUT2D eigenvalue weighted by molar-refractivity contribution is 0.0777. The lowest BCUT2D eigenvalue weighted by atomic mass is 9.93. The summed E-state index contributed by atoms with van der Waals surface area (Å²) < 4.78 is 5.71. The number of Topliss-reactive ketones (excluding diaryl/α,β-unsaturated/α-hetero) is 1. The molecule has 2 aromatic heterocycles. The van der Waals surface area contributed by atoms with Crippen LogP contribution in [-0.2, 0) is 25.8 Å². The lowest BCUT2D eigenvalue weighted by Crippen LogP contribution is -2.28. The third-order valence-electron chi connectivity index (χ3n) is 5.07. The zero-order valence-corrected chi connectivity index (χ0v) is 15.5. The van der Waals surface area contributed by atoms with Gasteiger partial charge in [0, 0.05) is 24.8 Å². The summed E-state index contributed by atoms with van der Waals surface area (Å²) >= 11 is 1.72. The molecule has 6 heteroatoms. The monoisotopic (exact) mass is 358 g/mol. The van der Waals surface area contributed by atoms with E-state index in [9.17, 15) is 9.59 Å². The molecule has 0 spiro atoms. The molecule has 0 unspecified atom stereocenters. The predicted octanol–water partition coefficient (Wildman–Crippen LogP) is 3.71. The van der Waals surface area contributed by atoms with Crippen LogP contribution in [0.15, 0.2) is 4.42 Å². The van der Waals surface area contributed by atoms with Crippen LogP contribution >= 0.6 is 11.3 Å². The van der Waals surface area contributed by atoms with E-state index in [4.69, 9.17) is 9.40 Å². The van der Waals surface area contributed by atoms with Crippen molar-refractivity contribution in [1.29, 1.82) is 0 Å². The zero-order chi connectivity index (χ0) is 17.6. The van der Waals surface area contributed by atoms with Crippen molar-refractivity contribution in [3.05, 3.63) is 38.2 Å². The van der Waals surface area contributed by atoms with Gasteiger partial charge in [-0.15, -0.1) is 11.3 Å². The Hall–Kier alpha value is -1.95. The summed E-state index contributed by atoms with van der Waals surface area (Å²) in [4.78, 5) is 33.0. The standard InChI is InChI=1S/C19H22N2O3S/c1-11-17(18-13(22)7-5-8-14(18)24-11)19(23)21(2)10-16-20-12-6-3-4-9-15(12)25-16/h3-10H2,1-2H3. The Kier molecular flexibility index (Phi) is 4.23. The van der Waals surface area contributed by atoms with E-state index in [1.165, 1.54) is 23.4 Å². The van der Waals surface area contributed by atoms with Crippen LogP contribution in [0.25, 0.3) is 0 Å². The summed E-state index contributed by atoms with van der Waals surface area (Å²) in [6, 6.07) is 0. The number of aromatic nitrogens is 1. The van der Waals surface area contributed by atoms with E-state index in [0.29, 0.717) is 35.6 Å². The van der Waals surface area contributed by atoms with Gasteiger partial charge in [0.05, 0.1) is 23.4 Å². The number of carbonyl (C=O) groups excluding carboxylic acids is 2. The molecule has 5 nitrogen and oxygen atoms in total. The van der Waals surface area contributed by atoms with Crippen molar-refractivity contribution in [3.8, 4) is 0 Å². The zero-order valence-electron chi connectivity index (χ0n) is 14.7. The van der Waals surface area contributed by atoms with Crippen LogP contribution in [-0.4, -0.2) is 28.6 Å². The second-order valence-corrected chi connectivity index (χ2v) is 8.12. The van der Waals surface area contributed by atoms with Gasteiger partial charge in [0.15, 0.2) is 5.78 Å². The molecule has 1 amide bonds. The van der Waals surface area contributed by atoms with Crippen molar-refractivity contribution in [3.63, 3.8) is 0 Å². The highest BCUT2D eigenvalue weighted by atomic mass is 32.1. The number of furan rings is 1. The van der Waals surface area contributed by atoms with Gasteiger partial charge in [-0.1, -0.05) is 0 Å². The van der Waals surface area contributed by atoms with Crippen molar-refractivity contribution < 1.29 is 14.0 Å². The Morgan fingerprint density at radius 3 is 2.80 bits per heavy atom. The largest absolute Gasteiger partial charge is 0.465 e. The fourth-order valence-corrected chi connectivity index (χ4v) is 5.01. The third kappa shape index (κ3) is 2.92. The van der Waals surface area contributed by atoms with Gasteiger partial charge in [-0.25, -0.2) is 4.98 Å². The number of rotatable bonds is 3. The van der Waals surface area contributed by atoms with Crippen LogP contribution in [0, 0.1) is 6.92 Å². The van der Waals surface area contributed by atoms with Crippen molar-refractivity contribution >= 4 is 23.0 Å². The number of amides is 1. The minimum atomic E-state index is -0.147. The molecule has 25 heavy (non-hydrogen) atoms. The van der Waals surface area contributed by atoms with Crippen molar-refractivity contribution in [2.75, 3.05) is 7.05 Å². The first kappa shape index (κ1) is 16.5. The topological polar surface area (TPSA) is 63.4 Å². The summed E-state index contributed by atoms with van der Waals surface area (Å²) in [6.45, 7) is 2.25. The number of aryl methyl sites for hydroxylation is 4. The first-order valence-electron chi connectivity index (χ1n) is 8.93. The van der Waals surface area contributed by atoms with Crippen LogP contribution in [0.2, 0.25) is 0 Å². The third-order valence-corrected chi connectivity index (χ3v) is 6.21. The number of hydrogen-bond acceptors (Lipinski definition) is 5. The van der Waals surface area contributed by atoms with Gasteiger partial charge in [-0.2, -0.15) is 0 Å². The molecule has 0 atom stereocenters. The number of thiazole rings is 1. The number of ketones is 1. The Morgan fingerprint density at radius 1 is 1.20 bits per heavy atom. The van der Waals surface area contributed by atoms with Crippen molar-refractivity contribution in [2.45, 2.75) is 58.4 Å². The van der Waals surface area contributed by atoms with Gasteiger partial charge in [-0.05, 0) is 39.0 Å². The fraction of sp³-hybridized carbons (Fsp3) is 0.526. The molecule has 0 aromatic carbocycles. The molecule has 0 fully saturated rings. The Balaban J connectivity index is 1.58. The molecular weight excluding hydrogens is 336 g/mol. The van der Waals surface area contributed by atoms with E-state index in [2.05, 4.69) is 0 Å². The number of carbonyl (C=O) groups is 2. The summed E-state index contributed by atoms with van der Waals surface area (Å²) in [5.41, 5.74) is 2.17. The summed E-state index contributed by atoms with van der Waals surface area (Å²) in [5, 5.41) is 0.976. The average Bonchev–Trinajstić information content (AvgIpc) is 3.14. The molecule has 0 radical (unpaired) electrons. The summed E-state index contributed by atoms with van der Waals surface area (Å²) in [7, 11) is 1.77. The van der Waals surface area contributed by atoms with E-state index < -0.39 is 0 Å². The number of nitrogens with zero attached hydrogens (tertiary/aromatic N) is 2. The predicted molar refractivity (Wildman–Crippen MR) is 95.3 cm³/mol. The maximum absolute atomic E-state index is 13.0. The Bertz CT molecular complexity index is 826. The van der Waals surface area contributed by atoms with Crippen LogP contribution in [0.1, 0.15) is 73.5 Å². The Morgan fingerprint density at radius 2 is 2.00 bits per heavy atom. The highest BCUT2D eigenvalue weighted by molar-refractivity contribution is 7.11. The molecule has 2 aliphatic rings. The van der Waals surface area contributed by atoms with Crippen LogP contribution in [0.3, 0.4) is 0 Å². The van der Waals surface area contributed by atoms with E-state index in [-0.39, 0.29) is 11.7 Å². The molecular formula is C19H22N2O3S. The molecule has 0 saturated heterocycles. The maximum Gasteiger partial charge on any atom is 0.258 e. The minimum Gasteiger partial charge on any atom is -0.465 e. The van der Waals surface area contributed by atoms with Crippen LogP contribution < -0.4 is 0 Å². The normalized spacial score (nSPS) is 16.5. The van der Waals surface area contributed by atoms with E-state index in [0.717, 1.165) is 30.7 Å². The number of hydrogen-bond donors (Lipinski definition) is 0. The lowest BCUT2D eigenvalue weighted by Gasteiger charge is -2.17. The molecule has 0 aliphatic heterocycles. The molecule has 132 valence electrons. The van der Waals surface area contributed by atoms with Gasteiger partial charge in [-0.3, -0.25) is 9.59 Å². The molecule has 4 rings (SSSR count). The second kappa shape index (κ2) is 6.41. The van der Waals surface area contributed by atoms with Crippen molar-refractivity contribution in [1.82, 2.24) is 9.88 Å². The highest BCUT2D eigenvalue weighted by Crippen LogP contribution is 2.31. The van der Waals surface area contributed by atoms with Crippen LogP contribution in [0.4, 0.5) is 0 Å². The van der Waals surface area contributed by atoms with Gasteiger partial charge < -0.3 is 9.32 Å². The first-order valence-corrected chi connectivity index (χ1v) is 9.74. The minimum absolute atomic E-state index is 0.0274. The van der Waals surface area contributed by atoms with Gasteiger partial charge in [0.2, 0.25) is 0 Å². The van der Waals surface area contributed by atoms with E-state index in [1.54, 1.807) is 30.2 Å². The van der Waals surface area contributed by atoms with Gasteiger partial charge in [0.1, 0.15) is 16.5 Å². The highest BCUT2D eigenvalue weighted by Gasteiger charge is 2.32. The average molecular weight is 358 g/mol. The van der Waals surface area contributed by atoms with E-state index in [1.807, 2.05) is 0 Å². The smallest absolute Gasteiger partial charge is 0.258 e. The van der Waals surface area contributed by atoms with E-state index >= 15 is 0 Å². The molecule has 2 heterocycles. The molecule has 0 bridgehead atoms. The quantitative estimate of drug-likeness (QED) is 0.839. The second-order valence-electron chi connectivity index (χ2n) is 6.95. The van der Waals surface area contributed by atoms with Crippen LogP contribution in [0.5, 0.6) is 0 Å². The molecule has 2 aromatic rings. The molecule has 0 N–H and O–H groups in total. The Labute approximate surface area is 151 Å². The SMILES string of the molecule is Cc1oc2c(c1C(=O)N(C)Cc1nc3c(s1)CCCC3)C(=O)CCC2. The molecule has 2 aliphatic carbocycles. The van der Waals surface area contributed by atoms with Gasteiger partial charge >= 0.3 is 0 Å². The fourth-order valence-electron chi connectivity index (χ4n) is 3.80. The first-order chi connectivity index (χ1) is 12.0. The summed E-state index contributed by atoms with van der Waals surface area (Å²) in [5.74, 6) is 1.11. The van der Waals surface area contributed by atoms with Crippen molar-refractivity contribution in [2.24, 2.45) is 0 Å². The summed E-state index contributed by atoms with van der Waals surface area (Å²) in [6.07, 6.45) is 6.61. The number of fused-ring (bicyclic) bond motifs is 2. The maximum atomic E-state index is 13.0. The molecule has 0 saturated carbocycles. The van der Waals surface area contributed by atoms with Gasteiger partial charge in [0.25, 0.3) is 5.91 Å².